The van der Waals surface area contributed by atoms with Gasteiger partial charge in [0.2, 0.25) is 5.88 Å². The Morgan fingerprint density at radius 1 is 1.09 bits per heavy atom. The number of fused-ring (bicyclic) bond motifs is 6. The molecule has 43 heavy (non-hydrogen) atoms. The lowest BCUT2D eigenvalue weighted by Gasteiger charge is -2.38. The van der Waals surface area contributed by atoms with E-state index in [0.717, 1.165) is 12.8 Å². The van der Waals surface area contributed by atoms with E-state index in [1.165, 1.54) is 28.9 Å². The highest BCUT2D eigenvalue weighted by molar-refractivity contribution is 7.90. The van der Waals surface area contributed by atoms with E-state index >= 15 is 0 Å². The molecule has 1 aliphatic carbocycles. The largest absolute Gasteiger partial charge is 0.477 e. The van der Waals surface area contributed by atoms with Crippen LogP contribution in [0.5, 0.6) is 5.88 Å². The third kappa shape index (κ3) is 5.50. The number of ether oxygens (including phenoxy) is 1. The number of carbonyl (C=O) groups is 1. The molecule has 0 aromatic carbocycles. The summed E-state index contributed by atoms with van der Waals surface area (Å²) < 4.78 is 75.0. The van der Waals surface area contributed by atoms with Gasteiger partial charge in [0.1, 0.15) is 11.6 Å². The number of carbonyl (C=O) groups excluding carboxylic acids is 1. The second-order valence-corrected chi connectivity index (χ2v) is 13.4. The van der Waals surface area contributed by atoms with Crippen LogP contribution in [-0.2, 0) is 10.0 Å². The molecule has 3 aromatic heterocycles. The molecule has 6 rings (SSSR count). The highest BCUT2D eigenvalue weighted by Crippen LogP contribution is 2.59. The van der Waals surface area contributed by atoms with Gasteiger partial charge in [-0.3, -0.25) is 4.79 Å². The third-order valence-electron chi connectivity index (χ3n) is 8.87. The number of amides is 1. The van der Waals surface area contributed by atoms with Crippen molar-refractivity contribution in [2.75, 3.05) is 29.9 Å². The van der Waals surface area contributed by atoms with Crippen LogP contribution in [0.3, 0.4) is 0 Å². The van der Waals surface area contributed by atoms with Crippen molar-refractivity contribution < 1.29 is 31.1 Å². The number of hydrogen-bond acceptors (Lipinski definition) is 9. The second-order valence-electron chi connectivity index (χ2n) is 11.8. The number of sulfonamides is 1. The molecule has 3 aromatic rings. The van der Waals surface area contributed by atoms with Crippen molar-refractivity contribution >= 4 is 27.6 Å². The van der Waals surface area contributed by atoms with Gasteiger partial charge in [0, 0.05) is 30.9 Å². The van der Waals surface area contributed by atoms with Crippen LogP contribution in [0.2, 0.25) is 0 Å². The van der Waals surface area contributed by atoms with Crippen molar-refractivity contribution in [2.24, 2.45) is 11.3 Å². The minimum atomic E-state index is -4.29. The van der Waals surface area contributed by atoms with Crippen LogP contribution in [0, 0.1) is 11.3 Å². The number of hydrogen-bond donors (Lipinski definition) is 2. The van der Waals surface area contributed by atoms with Gasteiger partial charge in [0.05, 0.1) is 17.6 Å². The first-order chi connectivity index (χ1) is 20.3. The number of aromatic nitrogens is 4. The first-order valence-corrected chi connectivity index (χ1v) is 15.6. The van der Waals surface area contributed by atoms with Crippen molar-refractivity contribution in [1.29, 1.82) is 0 Å². The lowest BCUT2D eigenvalue weighted by Crippen LogP contribution is -2.45. The summed E-state index contributed by atoms with van der Waals surface area (Å²) in [6, 6.07) is 9.10. The van der Waals surface area contributed by atoms with Gasteiger partial charge < -0.3 is 15.0 Å². The van der Waals surface area contributed by atoms with Gasteiger partial charge in [-0.25, -0.2) is 19.4 Å². The van der Waals surface area contributed by atoms with Gasteiger partial charge in [0.15, 0.2) is 10.8 Å². The number of nitrogens with zero attached hydrogens (tertiary/aromatic N) is 5. The van der Waals surface area contributed by atoms with E-state index in [1.54, 1.807) is 18.3 Å². The number of halogens is 3. The summed E-state index contributed by atoms with van der Waals surface area (Å²) in [7, 11) is -4.29. The van der Waals surface area contributed by atoms with E-state index in [1.807, 2.05) is 4.90 Å². The average molecular weight is 620 g/mol. The Hall–Kier alpha value is -3.88. The summed E-state index contributed by atoms with van der Waals surface area (Å²) in [5.74, 6) is 0.549. The number of alkyl halides is 3. The first kappa shape index (κ1) is 29.2. The van der Waals surface area contributed by atoms with Gasteiger partial charge in [-0.2, -0.15) is 21.6 Å². The molecule has 0 radical (unpaired) electrons. The Morgan fingerprint density at radius 2 is 1.88 bits per heavy atom. The summed E-state index contributed by atoms with van der Waals surface area (Å²) in [6.07, 6.45) is -1.01. The lowest BCUT2D eigenvalue weighted by molar-refractivity contribution is -0.190. The van der Waals surface area contributed by atoms with E-state index in [4.69, 9.17) is 9.72 Å². The summed E-state index contributed by atoms with van der Waals surface area (Å²) >= 11 is 0. The van der Waals surface area contributed by atoms with Crippen molar-refractivity contribution in [3.63, 3.8) is 0 Å². The normalized spacial score (nSPS) is 22.1. The zero-order valence-electron chi connectivity index (χ0n) is 23.7. The van der Waals surface area contributed by atoms with Crippen molar-refractivity contribution in [3.05, 3.63) is 48.2 Å². The molecule has 3 aliphatic rings. The number of anilines is 2. The first-order valence-electron chi connectivity index (χ1n) is 14.1. The molecule has 1 amide bonds. The van der Waals surface area contributed by atoms with Gasteiger partial charge >= 0.3 is 6.18 Å². The molecule has 5 heterocycles. The highest BCUT2D eigenvalue weighted by atomic mass is 32.2. The Bertz CT molecular complexity index is 1650. The molecular weight excluding hydrogens is 587 g/mol. The summed E-state index contributed by atoms with van der Waals surface area (Å²) in [5, 5.41) is 7.23. The van der Waals surface area contributed by atoms with Crippen LogP contribution in [0.4, 0.5) is 24.8 Å². The monoisotopic (exact) mass is 619 g/mol. The predicted octanol–water partition coefficient (Wildman–Crippen LogP) is 4.31. The zero-order valence-corrected chi connectivity index (χ0v) is 24.5. The van der Waals surface area contributed by atoms with Crippen LogP contribution in [-0.4, -0.2) is 65.5 Å². The highest BCUT2D eigenvalue weighted by Gasteiger charge is 2.62. The van der Waals surface area contributed by atoms with Gasteiger partial charge in [-0.05, 0) is 76.1 Å². The number of rotatable bonds is 5. The molecule has 1 unspecified atom stereocenters. The van der Waals surface area contributed by atoms with Crippen LogP contribution in [0.15, 0.2) is 47.6 Å². The topological polar surface area (TPSA) is 131 Å². The number of nitrogens with one attached hydrogen (secondary N) is 2. The SMILES string of the molecule is CC1(C)C2CCNc3cccc(n3)S(=O)(=O)NC(=O)c3ccc(-n4ccc(OCCC5(C(F)(F)F)CC5)n4)nc3N1CC2. The fourth-order valence-corrected chi connectivity index (χ4v) is 6.86. The Balaban J connectivity index is 1.31. The Morgan fingerprint density at radius 3 is 2.63 bits per heavy atom. The fraction of sp³-hybridized carbons (Fsp3) is 0.500. The van der Waals surface area contributed by atoms with E-state index in [9.17, 15) is 26.4 Å². The van der Waals surface area contributed by atoms with E-state index in [2.05, 4.69) is 34.0 Å². The van der Waals surface area contributed by atoms with Gasteiger partial charge in [-0.15, -0.1) is 5.10 Å². The molecule has 0 spiro atoms. The van der Waals surface area contributed by atoms with Crippen LogP contribution >= 0.6 is 0 Å². The quantitative estimate of drug-likeness (QED) is 0.429. The third-order valence-corrected chi connectivity index (χ3v) is 10.1. The second kappa shape index (κ2) is 10.4. The maximum absolute atomic E-state index is 13.5. The average Bonchev–Trinajstić information content (AvgIpc) is 3.50. The fourth-order valence-electron chi connectivity index (χ4n) is 5.93. The van der Waals surface area contributed by atoms with Gasteiger partial charge in [-0.1, -0.05) is 6.07 Å². The van der Waals surface area contributed by atoms with Crippen molar-refractivity contribution in [2.45, 2.75) is 62.7 Å². The maximum Gasteiger partial charge on any atom is 0.394 e. The molecule has 1 atom stereocenters. The molecule has 4 bridgehead atoms. The summed E-state index contributed by atoms with van der Waals surface area (Å²) in [6.45, 7) is 5.16. The van der Waals surface area contributed by atoms with E-state index < -0.39 is 33.1 Å². The molecule has 2 aliphatic heterocycles. The van der Waals surface area contributed by atoms with Crippen LogP contribution in [0.1, 0.15) is 56.3 Å². The van der Waals surface area contributed by atoms with Crippen LogP contribution in [0.25, 0.3) is 5.82 Å². The van der Waals surface area contributed by atoms with Crippen molar-refractivity contribution in [3.8, 4) is 11.7 Å². The Labute approximate surface area is 246 Å². The molecule has 11 nitrogen and oxygen atoms in total. The molecule has 1 saturated heterocycles. The van der Waals surface area contributed by atoms with E-state index in [-0.39, 0.29) is 48.3 Å². The molecule has 2 fully saturated rings. The molecule has 2 N–H and O–H groups in total. The van der Waals surface area contributed by atoms with Crippen molar-refractivity contribution in [1.82, 2.24) is 24.5 Å². The predicted molar refractivity (Wildman–Crippen MR) is 151 cm³/mol. The minimum Gasteiger partial charge on any atom is -0.477 e. The summed E-state index contributed by atoms with van der Waals surface area (Å²) in [4.78, 5) is 24.4. The lowest BCUT2D eigenvalue weighted by atomic mass is 9.85. The summed E-state index contributed by atoms with van der Waals surface area (Å²) in [5.41, 5.74) is -2.03. The smallest absolute Gasteiger partial charge is 0.394 e. The standard InChI is InChI=1S/C28H32F3N7O4S/c1-26(2)18-8-14-32-20-4-3-5-23(33-20)43(40,41)36-25(39)19-6-7-21(34-24(19)37(26)15-9-18)38-16-10-22(35-38)42-17-13-27(11-12-27)28(29,30)31/h3-7,10,16,18H,8-9,11-15,17H2,1-2H3,(H,32,33)(H,36,39). The molecule has 1 saturated carbocycles. The van der Waals surface area contributed by atoms with Gasteiger partial charge in [0.25, 0.3) is 15.9 Å². The van der Waals surface area contributed by atoms with E-state index in [0.29, 0.717) is 30.5 Å². The Kier molecular flexibility index (Phi) is 7.05. The molecule has 15 heteroatoms. The maximum atomic E-state index is 13.5. The minimum absolute atomic E-state index is 0.0675. The number of pyridine rings is 2. The molecular formula is C28H32F3N7O4S. The molecule has 230 valence electrons. The van der Waals surface area contributed by atoms with Crippen LogP contribution < -0.4 is 19.7 Å². The zero-order chi connectivity index (χ0) is 30.6.